The molecule has 1 amide bonds. The molecule has 148 valence electrons. The molecule has 1 aliphatic carbocycles. The second kappa shape index (κ2) is 10.4. The Morgan fingerprint density at radius 2 is 2.19 bits per heavy atom. The highest BCUT2D eigenvalue weighted by molar-refractivity contribution is 5.85. The number of nitrogens with two attached hydrogens (primary N) is 1. The lowest BCUT2D eigenvalue weighted by atomic mass is 9.83. The normalized spacial score (nSPS) is 22.1. The number of nitrogens with zero attached hydrogens (tertiary/aromatic N) is 3. The van der Waals surface area contributed by atoms with Gasteiger partial charge in [0, 0.05) is 25.1 Å². The topological polar surface area (TPSA) is 95.1 Å². The Hall–Kier alpha value is -1.96. The number of para-hydroxylation sites is 1. The monoisotopic (exact) mass is 393 g/mol. The first-order valence-electron chi connectivity index (χ1n) is 9.26. The van der Waals surface area contributed by atoms with Crippen LogP contribution in [0.2, 0.25) is 0 Å². The van der Waals surface area contributed by atoms with Crippen molar-refractivity contribution in [2.75, 3.05) is 6.61 Å². The van der Waals surface area contributed by atoms with Crippen LogP contribution < -0.4 is 11.1 Å². The predicted octanol–water partition coefficient (Wildman–Crippen LogP) is 2.23. The molecule has 1 aromatic carbocycles. The van der Waals surface area contributed by atoms with Gasteiger partial charge in [0.2, 0.25) is 5.91 Å². The zero-order valence-corrected chi connectivity index (χ0v) is 16.4. The third kappa shape index (κ3) is 5.51. The van der Waals surface area contributed by atoms with Crippen molar-refractivity contribution in [2.45, 2.75) is 51.3 Å². The Labute approximate surface area is 166 Å². The van der Waals surface area contributed by atoms with E-state index < -0.39 is 0 Å². The summed E-state index contributed by atoms with van der Waals surface area (Å²) in [4.78, 5) is 16.6. The van der Waals surface area contributed by atoms with Crippen LogP contribution in [0.25, 0.3) is 5.69 Å². The highest BCUT2D eigenvalue weighted by Gasteiger charge is 2.32. The number of carbonyl (C=O) groups is 1. The van der Waals surface area contributed by atoms with Gasteiger partial charge in [-0.05, 0) is 37.3 Å². The van der Waals surface area contributed by atoms with Crippen LogP contribution >= 0.6 is 12.4 Å². The Balaban J connectivity index is 0.00000261. The van der Waals surface area contributed by atoms with Crippen LogP contribution in [-0.2, 0) is 16.1 Å². The van der Waals surface area contributed by atoms with E-state index in [-0.39, 0.29) is 36.4 Å². The maximum absolute atomic E-state index is 12.6. The van der Waals surface area contributed by atoms with Gasteiger partial charge in [0.1, 0.15) is 12.7 Å². The molecule has 7 nitrogen and oxygen atoms in total. The lowest BCUT2D eigenvalue weighted by molar-refractivity contribution is -0.127. The first-order chi connectivity index (χ1) is 12.7. The molecular weight excluding hydrogens is 366 g/mol. The molecule has 27 heavy (non-hydrogen) atoms. The summed E-state index contributed by atoms with van der Waals surface area (Å²) in [6.07, 6.45) is 6.54. The highest BCUT2D eigenvalue weighted by Crippen LogP contribution is 2.26. The van der Waals surface area contributed by atoms with E-state index in [4.69, 9.17) is 10.5 Å². The van der Waals surface area contributed by atoms with Gasteiger partial charge in [-0.25, -0.2) is 9.67 Å². The molecule has 8 heteroatoms. The summed E-state index contributed by atoms with van der Waals surface area (Å²) in [6, 6.07) is 7.77. The smallest absolute Gasteiger partial charge is 0.223 e. The SMILES string of the molecule is CCCO[C@@H]1CC[C@H](C(=O)NCc2ccccc2-n2cncn2)C[C@H]1N.Cl. The summed E-state index contributed by atoms with van der Waals surface area (Å²) in [5.41, 5.74) is 8.13. The van der Waals surface area contributed by atoms with Gasteiger partial charge < -0.3 is 15.8 Å². The highest BCUT2D eigenvalue weighted by atomic mass is 35.5. The molecule has 3 N–H and O–H groups in total. The summed E-state index contributed by atoms with van der Waals surface area (Å²) >= 11 is 0. The van der Waals surface area contributed by atoms with Gasteiger partial charge >= 0.3 is 0 Å². The summed E-state index contributed by atoms with van der Waals surface area (Å²) in [5, 5.41) is 7.22. The minimum atomic E-state index is -0.0755. The van der Waals surface area contributed by atoms with E-state index in [0.717, 1.165) is 37.1 Å². The number of hydrogen-bond donors (Lipinski definition) is 2. The maximum atomic E-state index is 12.6. The van der Waals surface area contributed by atoms with Gasteiger partial charge in [0.15, 0.2) is 0 Å². The number of rotatable bonds is 7. The van der Waals surface area contributed by atoms with Crippen LogP contribution in [0, 0.1) is 5.92 Å². The van der Waals surface area contributed by atoms with E-state index in [1.165, 1.54) is 6.33 Å². The van der Waals surface area contributed by atoms with Crippen molar-refractivity contribution >= 4 is 18.3 Å². The Kier molecular flexibility index (Phi) is 8.22. The van der Waals surface area contributed by atoms with E-state index in [2.05, 4.69) is 22.3 Å². The Bertz CT molecular complexity index is 710. The van der Waals surface area contributed by atoms with Crippen LogP contribution in [-0.4, -0.2) is 39.4 Å². The molecule has 1 fully saturated rings. The molecule has 2 aromatic rings. The first-order valence-corrected chi connectivity index (χ1v) is 9.26. The lowest BCUT2D eigenvalue weighted by Crippen LogP contribution is -2.46. The van der Waals surface area contributed by atoms with Crippen molar-refractivity contribution < 1.29 is 9.53 Å². The average Bonchev–Trinajstić information content (AvgIpc) is 3.20. The Morgan fingerprint density at radius 1 is 1.37 bits per heavy atom. The fourth-order valence-corrected chi connectivity index (χ4v) is 3.44. The lowest BCUT2D eigenvalue weighted by Gasteiger charge is -2.33. The van der Waals surface area contributed by atoms with Gasteiger partial charge in [-0.3, -0.25) is 4.79 Å². The number of amides is 1. The molecule has 0 bridgehead atoms. The van der Waals surface area contributed by atoms with Crippen molar-refractivity contribution in [1.29, 1.82) is 0 Å². The molecule has 1 saturated carbocycles. The van der Waals surface area contributed by atoms with Gasteiger partial charge in [-0.1, -0.05) is 25.1 Å². The number of halogens is 1. The second-order valence-corrected chi connectivity index (χ2v) is 6.77. The number of carbonyl (C=O) groups excluding carboxylic acids is 1. The maximum Gasteiger partial charge on any atom is 0.223 e. The minimum absolute atomic E-state index is 0. The van der Waals surface area contributed by atoms with Crippen molar-refractivity contribution in [2.24, 2.45) is 11.7 Å². The predicted molar refractivity (Wildman–Crippen MR) is 106 cm³/mol. The van der Waals surface area contributed by atoms with E-state index in [0.29, 0.717) is 13.0 Å². The van der Waals surface area contributed by atoms with Gasteiger partial charge in [0.25, 0.3) is 0 Å². The fraction of sp³-hybridized carbons (Fsp3) is 0.526. The first kappa shape index (κ1) is 21.3. The molecule has 1 aliphatic rings. The standard InChI is InChI=1S/C19H27N5O2.ClH/c1-2-9-26-18-8-7-14(10-16(18)20)19(25)22-11-15-5-3-4-6-17(15)24-13-21-12-23-24;/h3-6,12-14,16,18H,2,7-11,20H2,1H3,(H,22,25);1H/t14-,16+,18+;/m0./s1. The van der Waals surface area contributed by atoms with Crippen molar-refractivity contribution in [3.8, 4) is 5.69 Å². The zero-order chi connectivity index (χ0) is 18.4. The summed E-state index contributed by atoms with van der Waals surface area (Å²) in [6.45, 7) is 3.27. The summed E-state index contributed by atoms with van der Waals surface area (Å²) < 4.78 is 7.49. The molecule has 0 aliphatic heterocycles. The molecule has 0 radical (unpaired) electrons. The zero-order valence-electron chi connectivity index (χ0n) is 15.6. The largest absolute Gasteiger partial charge is 0.377 e. The molecule has 0 spiro atoms. The quantitative estimate of drug-likeness (QED) is 0.752. The van der Waals surface area contributed by atoms with E-state index in [1.807, 2.05) is 24.3 Å². The van der Waals surface area contributed by atoms with Crippen LogP contribution in [0.5, 0.6) is 0 Å². The molecule has 0 unspecified atom stereocenters. The molecular formula is C19H28ClN5O2. The molecule has 3 atom stereocenters. The average molecular weight is 394 g/mol. The van der Waals surface area contributed by atoms with E-state index >= 15 is 0 Å². The van der Waals surface area contributed by atoms with Gasteiger partial charge in [0.05, 0.1) is 11.8 Å². The molecule has 3 rings (SSSR count). The molecule has 1 aromatic heterocycles. The van der Waals surface area contributed by atoms with Crippen LogP contribution in [0.3, 0.4) is 0 Å². The number of nitrogens with one attached hydrogen (secondary N) is 1. The van der Waals surface area contributed by atoms with Crippen LogP contribution in [0.1, 0.15) is 38.2 Å². The molecule has 1 heterocycles. The van der Waals surface area contributed by atoms with Crippen molar-refractivity contribution in [3.05, 3.63) is 42.5 Å². The number of aromatic nitrogens is 3. The van der Waals surface area contributed by atoms with Gasteiger partial charge in [-0.15, -0.1) is 12.4 Å². The van der Waals surface area contributed by atoms with Crippen molar-refractivity contribution in [1.82, 2.24) is 20.1 Å². The summed E-state index contributed by atoms with van der Waals surface area (Å²) in [5.74, 6) is 0.00722. The third-order valence-corrected chi connectivity index (χ3v) is 4.85. The molecule has 0 saturated heterocycles. The Morgan fingerprint density at radius 3 is 2.89 bits per heavy atom. The van der Waals surface area contributed by atoms with Crippen LogP contribution in [0.4, 0.5) is 0 Å². The second-order valence-electron chi connectivity index (χ2n) is 6.77. The number of ether oxygens (including phenoxy) is 1. The van der Waals surface area contributed by atoms with Gasteiger partial charge in [-0.2, -0.15) is 5.10 Å². The fourth-order valence-electron chi connectivity index (χ4n) is 3.44. The van der Waals surface area contributed by atoms with E-state index in [1.54, 1.807) is 11.0 Å². The third-order valence-electron chi connectivity index (χ3n) is 4.85. The van der Waals surface area contributed by atoms with Crippen LogP contribution in [0.15, 0.2) is 36.9 Å². The van der Waals surface area contributed by atoms with Crippen molar-refractivity contribution in [3.63, 3.8) is 0 Å². The minimum Gasteiger partial charge on any atom is -0.377 e. The van der Waals surface area contributed by atoms with E-state index in [9.17, 15) is 4.79 Å². The number of hydrogen-bond acceptors (Lipinski definition) is 5. The number of benzene rings is 1. The summed E-state index contributed by atoms with van der Waals surface area (Å²) in [7, 11) is 0.